The van der Waals surface area contributed by atoms with E-state index in [0.29, 0.717) is 18.7 Å². The lowest BCUT2D eigenvalue weighted by Gasteiger charge is -2.21. The Balaban J connectivity index is 2.89. The predicted octanol–water partition coefficient (Wildman–Crippen LogP) is 2.95. The Labute approximate surface area is 111 Å². The average Bonchev–Trinajstić information content (AvgIpc) is 2.33. The SMILES string of the molecule is CCN(CCCBr)C(=O)c1cc(C)ccc1O. The number of hydrogen-bond acceptors (Lipinski definition) is 2. The number of rotatable bonds is 5. The molecule has 1 aromatic carbocycles. The Kier molecular flexibility index (Phi) is 5.48. The molecule has 1 rings (SSSR count). The molecular formula is C13H18BrNO2. The van der Waals surface area contributed by atoms with Gasteiger partial charge in [-0.05, 0) is 32.4 Å². The highest BCUT2D eigenvalue weighted by molar-refractivity contribution is 9.09. The van der Waals surface area contributed by atoms with Gasteiger partial charge in [0.05, 0.1) is 5.56 Å². The number of alkyl halides is 1. The maximum atomic E-state index is 12.2. The van der Waals surface area contributed by atoms with Crippen molar-refractivity contribution in [1.82, 2.24) is 4.90 Å². The minimum Gasteiger partial charge on any atom is -0.507 e. The first-order valence-electron chi connectivity index (χ1n) is 5.75. The highest BCUT2D eigenvalue weighted by Crippen LogP contribution is 2.20. The molecule has 0 spiro atoms. The van der Waals surface area contributed by atoms with Crippen LogP contribution in [0.3, 0.4) is 0 Å². The summed E-state index contributed by atoms with van der Waals surface area (Å²) in [6, 6.07) is 5.09. The number of aromatic hydroxyl groups is 1. The number of aryl methyl sites for hydroxylation is 1. The van der Waals surface area contributed by atoms with Crippen LogP contribution >= 0.6 is 15.9 Å². The number of hydrogen-bond donors (Lipinski definition) is 1. The quantitative estimate of drug-likeness (QED) is 0.849. The van der Waals surface area contributed by atoms with Crippen LogP contribution in [0, 0.1) is 6.92 Å². The van der Waals surface area contributed by atoms with Gasteiger partial charge >= 0.3 is 0 Å². The molecule has 0 unspecified atom stereocenters. The van der Waals surface area contributed by atoms with E-state index < -0.39 is 0 Å². The lowest BCUT2D eigenvalue weighted by Crippen LogP contribution is -2.32. The first-order valence-corrected chi connectivity index (χ1v) is 6.87. The van der Waals surface area contributed by atoms with Crippen LogP contribution in [0.1, 0.15) is 29.3 Å². The number of carbonyl (C=O) groups excluding carboxylic acids is 1. The van der Waals surface area contributed by atoms with E-state index >= 15 is 0 Å². The highest BCUT2D eigenvalue weighted by Gasteiger charge is 2.17. The van der Waals surface area contributed by atoms with Crippen molar-refractivity contribution in [3.8, 4) is 5.75 Å². The van der Waals surface area contributed by atoms with Gasteiger partial charge in [-0.3, -0.25) is 4.79 Å². The van der Waals surface area contributed by atoms with Crippen molar-refractivity contribution in [3.05, 3.63) is 29.3 Å². The third-order valence-corrected chi connectivity index (χ3v) is 3.17. The second-order valence-corrected chi connectivity index (χ2v) is 4.74. The monoisotopic (exact) mass is 299 g/mol. The van der Waals surface area contributed by atoms with Gasteiger partial charge in [-0.1, -0.05) is 27.6 Å². The van der Waals surface area contributed by atoms with Crippen LogP contribution in [0.4, 0.5) is 0 Å². The second-order valence-electron chi connectivity index (χ2n) is 3.95. The Morgan fingerprint density at radius 2 is 2.18 bits per heavy atom. The van der Waals surface area contributed by atoms with Crippen LogP contribution in [0.25, 0.3) is 0 Å². The molecule has 0 saturated carbocycles. The average molecular weight is 300 g/mol. The maximum Gasteiger partial charge on any atom is 0.257 e. The first kappa shape index (κ1) is 14.0. The van der Waals surface area contributed by atoms with Gasteiger partial charge in [0.2, 0.25) is 0 Å². The molecule has 0 saturated heterocycles. The van der Waals surface area contributed by atoms with Crippen LogP contribution < -0.4 is 0 Å². The van der Waals surface area contributed by atoms with E-state index in [0.717, 1.165) is 17.3 Å². The molecule has 3 nitrogen and oxygen atoms in total. The van der Waals surface area contributed by atoms with Gasteiger partial charge in [-0.15, -0.1) is 0 Å². The third kappa shape index (κ3) is 3.73. The van der Waals surface area contributed by atoms with Gasteiger partial charge in [-0.25, -0.2) is 0 Å². The highest BCUT2D eigenvalue weighted by atomic mass is 79.9. The molecule has 0 aliphatic heterocycles. The van der Waals surface area contributed by atoms with Gasteiger partial charge < -0.3 is 10.0 Å². The Hall–Kier alpha value is -1.03. The summed E-state index contributed by atoms with van der Waals surface area (Å²) < 4.78 is 0. The molecule has 0 atom stereocenters. The molecule has 1 N–H and O–H groups in total. The van der Waals surface area contributed by atoms with Gasteiger partial charge in [0.25, 0.3) is 5.91 Å². The summed E-state index contributed by atoms with van der Waals surface area (Å²) in [5.74, 6) is -0.0486. The summed E-state index contributed by atoms with van der Waals surface area (Å²) in [6.07, 6.45) is 0.909. The molecular weight excluding hydrogens is 282 g/mol. The topological polar surface area (TPSA) is 40.5 Å². The van der Waals surface area contributed by atoms with E-state index in [1.807, 2.05) is 13.8 Å². The normalized spacial score (nSPS) is 10.3. The summed E-state index contributed by atoms with van der Waals surface area (Å²) >= 11 is 3.35. The molecule has 17 heavy (non-hydrogen) atoms. The van der Waals surface area contributed by atoms with Gasteiger partial charge in [0, 0.05) is 18.4 Å². The zero-order valence-electron chi connectivity index (χ0n) is 10.2. The molecule has 0 aromatic heterocycles. The Bertz CT molecular complexity index is 393. The summed E-state index contributed by atoms with van der Waals surface area (Å²) in [5.41, 5.74) is 1.36. The largest absolute Gasteiger partial charge is 0.507 e. The Morgan fingerprint density at radius 1 is 1.47 bits per heavy atom. The summed E-state index contributed by atoms with van der Waals surface area (Å²) in [6.45, 7) is 5.21. The second kappa shape index (κ2) is 6.64. The maximum absolute atomic E-state index is 12.2. The van der Waals surface area contributed by atoms with Crippen LogP contribution in [0.5, 0.6) is 5.75 Å². The standard InChI is InChI=1S/C13H18BrNO2/c1-3-15(8-4-7-14)13(17)11-9-10(2)5-6-12(11)16/h5-6,9,16H,3-4,7-8H2,1-2H3. The van der Waals surface area contributed by atoms with E-state index in [9.17, 15) is 9.90 Å². The van der Waals surface area contributed by atoms with Gasteiger partial charge in [0.15, 0.2) is 0 Å². The molecule has 0 bridgehead atoms. The number of benzene rings is 1. The smallest absolute Gasteiger partial charge is 0.257 e. The summed E-state index contributed by atoms with van der Waals surface area (Å²) in [4.78, 5) is 14.0. The first-order chi connectivity index (χ1) is 8.10. The fourth-order valence-corrected chi connectivity index (χ4v) is 1.90. The fourth-order valence-electron chi connectivity index (χ4n) is 1.65. The molecule has 1 amide bonds. The van der Waals surface area contributed by atoms with Crippen LogP contribution in [-0.4, -0.2) is 34.3 Å². The Morgan fingerprint density at radius 3 is 2.76 bits per heavy atom. The van der Waals surface area contributed by atoms with Crippen molar-refractivity contribution < 1.29 is 9.90 Å². The predicted molar refractivity (Wildman–Crippen MR) is 72.8 cm³/mol. The number of phenolic OH excluding ortho intramolecular Hbond substituents is 1. The van der Waals surface area contributed by atoms with Gasteiger partial charge in [-0.2, -0.15) is 0 Å². The minimum absolute atomic E-state index is 0.0536. The number of halogens is 1. The molecule has 0 aliphatic carbocycles. The van der Waals surface area contributed by atoms with Crippen molar-refractivity contribution in [3.63, 3.8) is 0 Å². The van der Waals surface area contributed by atoms with Crippen molar-refractivity contribution in [2.45, 2.75) is 20.3 Å². The molecule has 0 aliphatic rings. The van der Waals surface area contributed by atoms with Gasteiger partial charge in [0.1, 0.15) is 5.75 Å². The summed E-state index contributed by atoms with van der Waals surface area (Å²) in [7, 11) is 0. The zero-order valence-corrected chi connectivity index (χ0v) is 11.8. The van der Waals surface area contributed by atoms with E-state index in [-0.39, 0.29) is 11.7 Å². The van der Waals surface area contributed by atoms with E-state index in [1.165, 1.54) is 0 Å². The molecule has 1 aromatic rings. The van der Waals surface area contributed by atoms with Crippen LogP contribution in [0.15, 0.2) is 18.2 Å². The van der Waals surface area contributed by atoms with E-state index in [1.54, 1.807) is 23.1 Å². The van der Waals surface area contributed by atoms with E-state index in [4.69, 9.17) is 0 Å². The van der Waals surface area contributed by atoms with Crippen molar-refractivity contribution in [2.24, 2.45) is 0 Å². The van der Waals surface area contributed by atoms with Crippen molar-refractivity contribution in [1.29, 1.82) is 0 Å². The number of carbonyl (C=O) groups is 1. The number of nitrogens with zero attached hydrogens (tertiary/aromatic N) is 1. The lowest BCUT2D eigenvalue weighted by atomic mass is 10.1. The molecule has 94 valence electrons. The zero-order chi connectivity index (χ0) is 12.8. The van der Waals surface area contributed by atoms with Crippen molar-refractivity contribution >= 4 is 21.8 Å². The molecule has 4 heteroatoms. The van der Waals surface area contributed by atoms with Crippen molar-refractivity contribution in [2.75, 3.05) is 18.4 Å². The number of amides is 1. The van der Waals surface area contributed by atoms with Crippen LogP contribution in [-0.2, 0) is 0 Å². The fraction of sp³-hybridized carbons (Fsp3) is 0.462. The molecule has 0 fully saturated rings. The van der Waals surface area contributed by atoms with E-state index in [2.05, 4.69) is 15.9 Å². The summed E-state index contributed by atoms with van der Waals surface area (Å²) in [5, 5.41) is 10.6. The van der Waals surface area contributed by atoms with Crippen LogP contribution in [0.2, 0.25) is 0 Å². The lowest BCUT2D eigenvalue weighted by molar-refractivity contribution is 0.0762. The number of phenols is 1. The third-order valence-electron chi connectivity index (χ3n) is 2.61. The molecule has 0 radical (unpaired) electrons. The molecule has 0 heterocycles. The minimum atomic E-state index is -0.102.